The van der Waals surface area contributed by atoms with Gasteiger partial charge in [0.2, 0.25) is 0 Å². The molecule has 0 radical (unpaired) electrons. The van der Waals surface area contributed by atoms with Gasteiger partial charge in [0.05, 0.1) is 11.4 Å². The van der Waals surface area contributed by atoms with Gasteiger partial charge >= 0.3 is 0 Å². The molecule has 4 rings (SSSR count). The van der Waals surface area contributed by atoms with Crippen molar-refractivity contribution in [2.75, 3.05) is 6.61 Å². The fraction of sp³-hybridized carbons (Fsp3) is 0.294. The van der Waals surface area contributed by atoms with Crippen molar-refractivity contribution >= 4 is 27.5 Å². The minimum absolute atomic E-state index is 0.0640. The third kappa shape index (κ3) is 2.33. The Morgan fingerprint density at radius 2 is 2.05 bits per heavy atom. The number of ether oxygens (including phenoxy) is 2. The van der Waals surface area contributed by atoms with Crippen molar-refractivity contribution < 1.29 is 9.47 Å². The Bertz CT molecular complexity index is 676. The molecule has 0 spiro atoms. The maximum atomic E-state index is 6.25. The predicted molar refractivity (Wildman–Crippen MR) is 86.9 cm³/mol. The summed E-state index contributed by atoms with van der Waals surface area (Å²) in [6.07, 6.45) is 1.89. The highest BCUT2D eigenvalue weighted by molar-refractivity contribution is 9.09. The first-order chi connectivity index (χ1) is 10.2. The van der Waals surface area contributed by atoms with Gasteiger partial charge in [0.1, 0.15) is 17.6 Å². The number of alkyl halides is 1. The SMILES string of the molecule is Clc1cc2c(c(C(Br)C3Cc4ccccc4O3)c1)OCC2. The molecule has 4 heteroatoms. The summed E-state index contributed by atoms with van der Waals surface area (Å²) in [5.74, 6) is 1.95. The van der Waals surface area contributed by atoms with Crippen LogP contribution >= 0.6 is 27.5 Å². The molecule has 108 valence electrons. The lowest BCUT2D eigenvalue weighted by molar-refractivity contribution is 0.229. The first-order valence-corrected chi connectivity index (χ1v) is 8.35. The first-order valence-electron chi connectivity index (χ1n) is 7.06. The highest BCUT2D eigenvalue weighted by Crippen LogP contribution is 2.44. The van der Waals surface area contributed by atoms with E-state index in [0.717, 1.165) is 41.5 Å². The van der Waals surface area contributed by atoms with Gasteiger partial charge in [-0.3, -0.25) is 0 Å². The van der Waals surface area contributed by atoms with Crippen LogP contribution in [0.5, 0.6) is 11.5 Å². The normalized spacial score (nSPS) is 20.4. The molecule has 0 amide bonds. The molecule has 2 aromatic rings. The Kier molecular flexibility index (Phi) is 3.35. The first kappa shape index (κ1) is 13.5. The van der Waals surface area contributed by atoms with Crippen LogP contribution in [0.2, 0.25) is 5.02 Å². The van der Waals surface area contributed by atoms with Gasteiger partial charge in [0, 0.05) is 23.4 Å². The fourth-order valence-electron chi connectivity index (χ4n) is 3.08. The average Bonchev–Trinajstić information content (AvgIpc) is 3.11. The Hall–Kier alpha value is -1.19. The molecule has 0 bridgehead atoms. The highest BCUT2D eigenvalue weighted by Gasteiger charge is 2.33. The lowest BCUT2D eigenvalue weighted by atomic mass is 10.00. The molecule has 2 atom stereocenters. The Balaban J connectivity index is 1.67. The van der Waals surface area contributed by atoms with E-state index in [1.807, 2.05) is 30.3 Å². The third-order valence-corrected chi connectivity index (χ3v) is 5.37. The molecule has 2 heterocycles. The quantitative estimate of drug-likeness (QED) is 0.717. The van der Waals surface area contributed by atoms with E-state index in [-0.39, 0.29) is 10.9 Å². The van der Waals surface area contributed by atoms with Crippen LogP contribution in [-0.2, 0) is 12.8 Å². The van der Waals surface area contributed by atoms with Gasteiger partial charge in [-0.15, -0.1) is 0 Å². The number of fused-ring (bicyclic) bond motifs is 2. The van der Waals surface area contributed by atoms with E-state index in [4.69, 9.17) is 21.1 Å². The van der Waals surface area contributed by atoms with E-state index >= 15 is 0 Å². The van der Waals surface area contributed by atoms with Crippen molar-refractivity contribution in [1.82, 2.24) is 0 Å². The zero-order chi connectivity index (χ0) is 14.4. The standard InChI is InChI=1S/C17H14BrClO2/c18-16(15-8-10-3-1-2-4-14(10)21-15)13-9-12(19)7-11-5-6-20-17(11)13/h1-4,7,9,15-16H,5-6,8H2. The van der Waals surface area contributed by atoms with Gasteiger partial charge < -0.3 is 9.47 Å². The van der Waals surface area contributed by atoms with E-state index in [0.29, 0.717) is 0 Å². The topological polar surface area (TPSA) is 18.5 Å². The Morgan fingerprint density at radius 3 is 2.90 bits per heavy atom. The van der Waals surface area contributed by atoms with Crippen molar-refractivity contribution in [3.05, 3.63) is 58.1 Å². The van der Waals surface area contributed by atoms with Crippen LogP contribution < -0.4 is 9.47 Å². The van der Waals surface area contributed by atoms with Gasteiger partial charge in [-0.25, -0.2) is 0 Å². The smallest absolute Gasteiger partial charge is 0.127 e. The Morgan fingerprint density at radius 1 is 1.19 bits per heavy atom. The molecule has 0 aliphatic carbocycles. The van der Waals surface area contributed by atoms with Gasteiger partial charge in [-0.1, -0.05) is 45.7 Å². The van der Waals surface area contributed by atoms with E-state index in [9.17, 15) is 0 Å². The van der Waals surface area contributed by atoms with Crippen LogP contribution in [0, 0.1) is 0 Å². The summed E-state index contributed by atoms with van der Waals surface area (Å²) in [7, 11) is 0. The zero-order valence-electron chi connectivity index (χ0n) is 11.3. The molecular formula is C17H14BrClO2. The fourth-order valence-corrected chi connectivity index (χ4v) is 3.96. The second-order valence-corrected chi connectivity index (χ2v) is 6.87. The van der Waals surface area contributed by atoms with Crippen LogP contribution in [-0.4, -0.2) is 12.7 Å². The van der Waals surface area contributed by atoms with Gasteiger partial charge in [0.25, 0.3) is 0 Å². The van der Waals surface area contributed by atoms with Gasteiger partial charge in [-0.2, -0.15) is 0 Å². The van der Waals surface area contributed by atoms with Crippen molar-refractivity contribution in [3.63, 3.8) is 0 Å². The van der Waals surface area contributed by atoms with E-state index in [1.165, 1.54) is 11.1 Å². The molecule has 2 aliphatic rings. The lowest BCUT2D eigenvalue weighted by Crippen LogP contribution is -2.19. The number of para-hydroxylation sites is 1. The minimum Gasteiger partial charge on any atom is -0.493 e. The molecule has 2 nitrogen and oxygen atoms in total. The molecule has 0 N–H and O–H groups in total. The maximum absolute atomic E-state index is 6.25. The molecule has 0 saturated carbocycles. The average molecular weight is 366 g/mol. The second-order valence-electron chi connectivity index (χ2n) is 5.45. The highest BCUT2D eigenvalue weighted by atomic mass is 79.9. The van der Waals surface area contributed by atoms with Crippen molar-refractivity contribution in [1.29, 1.82) is 0 Å². The van der Waals surface area contributed by atoms with Crippen LogP contribution in [0.1, 0.15) is 21.5 Å². The Labute approximate surface area is 137 Å². The second kappa shape index (κ2) is 5.22. The lowest BCUT2D eigenvalue weighted by Gasteiger charge is -2.20. The largest absolute Gasteiger partial charge is 0.493 e. The van der Waals surface area contributed by atoms with E-state index in [2.05, 4.69) is 22.0 Å². The summed E-state index contributed by atoms with van der Waals surface area (Å²) in [6.45, 7) is 0.730. The van der Waals surface area contributed by atoms with Crippen molar-refractivity contribution in [3.8, 4) is 11.5 Å². The zero-order valence-corrected chi connectivity index (χ0v) is 13.7. The molecule has 0 fully saturated rings. The maximum Gasteiger partial charge on any atom is 0.127 e. The monoisotopic (exact) mass is 364 g/mol. The molecular weight excluding hydrogens is 352 g/mol. The summed E-state index contributed by atoms with van der Waals surface area (Å²) >= 11 is 10.0. The van der Waals surface area contributed by atoms with Gasteiger partial charge in [-0.05, 0) is 29.3 Å². The van der Waals surface area contributed by atoms with Crippen molar-refractivity contribution in [2.24, 2.45) is 0 Å². The number of benzene rings is 2. The van der Waals surface area contributed by atoms with E-state index < -0.39 is 0 Å². The molecule has 21 heavy (non-hydrogen) atoms. The number of hydrogen-bond donors (Lipinski definition) is 0. The van der Waals surface area contributed by atoms with Crippen molar-refractivity contribution in [2.45, 2.75) is 23.8 Å². The molecule has 2 aliphatic heterocycles. The van der Waals surface area contributed by atoms with Crippen LogP contribution in [0.25, 0.3) is 0 Å². The summed E-state index contributed by atoms with van der Waals surface area (Å²) in [4.78, 5) is 0.0652. The molecule has 0 aromatic heterocycles. The summed E-state index contributed by atoms with van der Waals surface area (Å²) < 4.78 is 11.9. The molecule has 2 aromatic carbocycles. The van der Waals surface area contributed by atoms with Crippen LogP contribution in [0.3, 0.4) is 0 Å². The molecule has 0 saturated heterocycles. The van der Waals surface area contributed by atoms with Crippen LogP contribution in [0.15, 0.2) is 36.4 Å². The summed E-state index contributed by atoms with van der Waals surface area (Å²) in [5.41, 5.74) is 3.54. The third-order valence-electron chi connectivity index (χ3n) is 4.07. The van der Waals surface area contributed by atoms with E-state index in [1.54, 1.807) is 0 Å². The van der Waals surface area contributed by atoms with Gasteiger partial charge in [0.15, 0.2) is 0 Å². The predicted octanol–water partition coefficient (Wildman–Crippen LogP) is 4.71. The van der Waals surface area contributed by atoms with Crippen LogP contribution in [0.4, 0.5) is 0 Å². The molecule has 2 unspecified atom stereocenters. The number of halogens is 2. The minimum atomic E-state index is 0.0640. The summed E-state index contributed by atoms with van der Waals surface area (Å²) in [5, 5.41) is 0.759. The number of hydrogen-bond acceptors (Lipinski definition) is 2. The summed E-state index contributed by atoms with van der Waals surface area (Å²) in [6, 6.07) is 12.2. The number of rotatable bonds is 2.